The summed E-state index contributed by atoms with van der Waals surface area (Å²) in [5, 5.41) is 45.1. The van der Waals surface area contributed by atoms with E-state index in [1.165, 1.54) is 59.5 Å². The number of methoxy groups -OCH3 is 1. The quantitative estimate of drug-likeness (QED) is 0.172. The van der Waals surface area contributed by atoms with Gasteiger partial charge in [-0.2, -0.15) is 19.6 Å². The molecule has 0 aliphatic rings. The van der Waals surface area contributed by atoms with Gasteiger partial charge in [-0.1, -0.05) is 23.7 Å². The molecule has 0 aliphatic carbocycles. The van der Waals surface area contributed by atoms with Gasteiger partial charge in [-0.3, -0.25) is 14.7 Å². The van der Waals surface area contributed by atoms with Crippen LogP contribution in [0.3, 0.4) is 0 Å². The average molecular weight is 645 g/mol. The SMILES string of the molecule is COC(=O)Nc1ccc(-c2cnn(C(Cn3ccc(C(=O)O)n3)c3ccc(-c4c(-n5cnnn5)ccc(Cl)c4F)c[n+]3[O-])c2)cc1. The van der Waals surface area contributed by atoms with Gasteiger partial charge >= 0.3 is 12.1 Å². The maximum absolute atomic E-state index is 15.4. The third-order valence-electron chi connectivity index (χ3n) is 7.03. The molecule has 0 fully saturated rings. The summed E-state index contributed by atoms with van der Waals surface area (Å²) >= 11 is 6.10. The van der Waals surface area contributed by atoms with Crippen LogP contribution in [0.4, 0.5) is 14.9 Å². The number of tetrazole rings is 1. The van der Waals surface area contributed by atoms with Crippen LogP contribution >= 0.6 is 11.6 Å². The molecule has 0 radical (unpaired) electrons. The third-order valence-corrected chi connectivity index (χ3v) is 7.33. The second-order valence-corrected chi connectivity index (χ2v) is 10.2. The van der Waals surface area contributed by atoms with Crippen molar-refractivity contribution in [1.82, 2.24) is 39.8 Å². The van der Waals surface area contributed by atoms with Crippen LogP contribution in [0.1, 0.15) is 22.2 Å². The number of hydrogen-bond donors (Lipinski definition) is 2. The number of nitrogens with one attached hydrogen (secondary N) is 1. The van der Waals surface area contributed by atoms with Gasteiger partial charge in [0.05, 0.1) is 41.7 Å². The molecule has 46 heavy (non-hydrogen) atoms. The van der Waals surface area contributed by atoms with Gasteiger partial charge in [0.2, 0.25) is 5.69 Å². The van der Waals surface area contributed by atoms with Crippen molar-refractivity contribution in [2.24, 2.45) is 0 Å². The summed E-state index contributed by atoms with van der Waals surface area (Å²) in [6, 6.07) is 13.5. The Morgan fingerprint density at radius 1 is 1.11 bits per heavy atom. The zero-order valence-corrected chi connectivity index (χ0v) is 24.5. The predicted octanol–water partition coefficient (Wildman–Crippen LogP) is 3.98. The molecule has 1 amide bonds. The van der Waals surface area contributed by atoms with Gasteiger partial charge < -0.3 is 15.1 Å². The Morgan fingerprint density at radius 3 is 2.57 bits per heavy atom. The van der Waals surface area contributed by atoms with E-state index in [0.29, 0.717) is 16.0 Å². The number of hydrogen-bond acceptors (Lipinski definition) is 9. The summed E-state index contributed by atoms with van der Waals surface area (Å²) in [5.74, 6) is -1.96. The maximum Gasteiger partial charge on any atom is 0.411 e. The summed E-state index contributed by atoms with van der Waals surface area (Å²) in [4.78, 5) is 23.0. The van der Waals surface area contributed by atoms with Crippen LogP contribution < -0.4 is 10.0 Å². The van der Waals surface area contributed by atoms with E-state index in [9.17, 15) is 19.9 Å². The van der Waals surface area contributed by atoms with Gasteiger partial charge in [0.1, 0.15) is 6.33 Å². The molecule has 232 valence electrons. The van der Waals surface area contributed by atoms with Crippen LogP contribution in [0, 0.1) is 11.0 Å². The average Bonchev–Trinajstić information content (AvgIpc) is 3.85. The molecule has 0 saturated carbocycles. The number of amides is 1. The van der Waals surface area contributed by atoms with Crippen molar-refractivity contribution in [2.45, 2.75) is 12.6 Å². The molecule has 1 unspecified atom stereocenters. The summed E-state index contributed by atoms with van der Waals surface area (Å²) in [6.07, 6.45) is 6.69. The smallest absolute Gasteiger partial charge is 0.411 e. The van der Waals surface area contributed by atoms with E-state index >= 15 is 4.39 Å². The lowest BCUT2D eigenvalue weighted by molar-refractivity contribution is -0.615. The highest BCUT2D eigenvalue weighted by atomic mass is 35.5. The second-order valence-electron chi connectivity index (χ2n) is 9.83. The maximum atomic E-state index is 15.4. The number of aromatic nitrogens is 9. The minimum absolute atomic E-state index is 0.0113. The number of pyridine rings is 1. The highest BCUT2D eigenvalue weighted by Gasteiger charge is 2.27. The van der Waals surface area contributed by atoms with Crippen LogP contribution in [0.5, 0.6) is 0 Å². The number of carboxylic acid groups (broad SMARTS) is 1. The van der Waals surface area contributed by atoms with Gasteiger partial charge in [0, 0.05) is 29.7 Å². The molecular formula is C29H22ClFN10O5. The van der Waals surface area contributed by atoms with Crippen LogP contribution in [-0.2, 0) is 11.3 Å². The van der Waals surface area contributed by atoms with Crippen molar-refractivity contribution in [3.05, 3.63) is 113 Å². The Hall–Kier alpha value is -6.16. The molecule has 4 aromatic heterocycles. The Bertz CT molecular complexity index is 2050. The second kappa shape index (κ2) is 12.4. The number of anilines is 1. The molecule has 1 atom stereocenters. The molecule has 17 heteroatoms. The van der Waals surface area contributed by atoms with E-state index in [2.05, 4.69) is 35.8 Å². The molecule has 0 aliphatic heterocycles. The van der Waals surface area contributed by atoms with Gasteiger partial charge in [-0.05, 0) is 52.4 Å². The van der Waals surface area contributed by atoms with Crippen molar-refractivity contribution < 1.29 is 28.6 Å². The van der Waals surface area contributed by atoms with Gasteiger partial charge in [-0.25, -0.2) is 14.0 Å². The fourth-order valence-electron chi connectivity index (χ4n) is 4.82. The van der Waals surface area contributed by atoms with E-state index in [1.54, 1.807) is 47.4 Å². The van der Waals surface area contributed by atoms with Crippen molar-refractivity contribution in [1.29, 1.82) is 0 Å². The minimum Gasteiger partial charge on any atom is -0.618 e. The summed E-state index contributed by atoms with van der Waals surface area (Å²) in [6.45, 7) is 0.0272. The number of nitrogens with zero attached hydrogens (tertiary/aromatic N) is 9. The normalized spacial score (nSPS) is 11.7. The van der Waals surface area contributed by atoms with Crippen LogP contribution in [0.15, 0.2) is 85.7 Å². The lowest BCUT2D eigenvalue weighted by Crippen LogP contribution is -2.37. The minimum atomic E-state index is -1.20. The number of carbonyl (C=O) groups is 2. The van der Waals surface area contributed by atoms with Crippen molar-refractivity contribution >= 4 is 29.4 Å². The summed E-state index contributed by atoms with van der Waals surface area (Å²) < 4.78 is 24.8. The van der Waals surface area contributed by atoms with Gasteiger partial charge in [0.15, 0.2) is 23.7 Å². The van der Waals surface area contributed by atoms with E-state index in [0.717, 1.165) is 5.56 Å². The number of benzene rings is 2. The molecule has 6 rings (SSSR count). The van der Waals surface area contributed by atoms with E-state index in [1.807, 2.05) is 0 Å². The lowest BCUT2D eigenvalue weighted by atomic mass is 10.0. The first kappa shape index (κ1) is 29.9. The standard InChI is InChI=1S/C29H22ClFN10O5/c1-46-29(44)34-20-5-2-17(3-6-20)19-12-33-39(13-19)25(15-38-11-10-22(35-38)28(42)43)23-8-4-18(14-41(23)45)26-24(40-16-32-36-37-40)9-7-21(30)27(26)31/h2-14,16,25H,15H2,1H3,(H,34,44)(H,42,43). The van der Waals surface area contributed by atoms with Crippen LogP contribution in [0.25, 0.3) is 27.9 Å². The van der Waals surface area contributed by atoms with Crippen molar-refractivity contribution in [3.8, 4) is 27.9 Å². The Balaban J connectivity index is 1.38. The number of rotatable bonds is 9. The first-order valence-corrected chi connectivity index (χ1v) is 13.8. The monoisotopic (exact) mass is 644 g/mol. The zero-order chi connectivity index (χ0) is 32.4. The van der Waals surface area contributed by atoms with Crippen molar-refractivity contribution in [2.75, 3.05) is 12.4 Å². The molecular weight excluding hydrogens is 623 g/mol. The van der Waals surface area contributed by atoms with Crippen molar-refractivity contribution in [3.63, 3.8) is 0 Å². The van der Waals surface area contributed by atoms with Crippen LogP contribution in [-0.4, -0.2) is 64.0 Å². The zero-order valence-electron chi connectivity index (χ0n) is 23.7. The molecule has 2 N–H and O–H groups in total. The lowest BCUT2D eigenvalue weighted by Gasteiger charge is -2.18. The van der Waals surface area contributed by atoms with Gasteiger partial charge in [-0.15, -0.1) is 5.10 Å². The largest absolute Gasteiger partial charge is 0.618 e. The van der Waals surface area contributed by atoms with Crippen LogP contribution in [0.2, 0.25) is 5.02 Å². The molecule has 0 spiro atoms. The first-order chi connectivity index (χ1) is 22.2. The number of halogens is 2. The van der Waals surface area contributed by atoms with E-state index in [4.69, 9.17) is 11.6 Å². The summed E-state index contributed by atoms with van der Waals surface area (Å²) in [5.41, 5.74) is 2.51. The molecule has 0 bridgehead atoms. The highest BCUT2D eigenvalue weighted by molar-refractivity contribution is 6.31. The highest BCUT2D eigenvalue weighted by Crippen LogP contribution is 2.33. The summed E-state index contributed by atoms with van der Waals surface area (Å²) in [7, 11) is 1.27. The third kappa shape index (κ3) is 5.96. The Kier molecular flexibility index (Phi) is 8.09. The van der Waals surface area contributed by atoms with E-state index < -0.39 is 23.9 Å². The first-order valence-electron chi connectivity index (χ1n) is 13.4. The molecule has 4 heterocycles. The fourth-order valence-corrected chi connectivity index (χ4v) is 4.97. The molecule has 6 aromatic rings. The Morgan fingerprint density at radius 2 is 1.89 bits per heavy atom. The number of ether oxygens (including phenoxy) is 1. The fraction of sp³-hybridized carbons (Fsp3) is 0.103. The molecule has 2 aromatic carbocycles. The molecule has 0 saturated heterocycles. The number of carbonyl (C=O) groups excluding carboxylic acids is 1. The Labute approximate surface area is 263 Å². The van der Waals surface area contributed by atoms with Gasteiger partial charge in [0.25, 0.3) is 0 Å². The van der Waals surface area contributed by atoms with E-state index in [-0.39, 0.29) is 39.8 Å². The molecule has 15 nitrogen and oxygen atoms in total. The number of aromatic carboxylic acids is 1. The topological polar surface area (TPSA) is 182 Å². The number of carboxylic acids is 1. The predicted molar refractivity (Wildman–Crippen MR) is 160 cm³/mol.